The largest absolute Gasteiger partial charge is 0.339 e. The van der Waals surface area contributed by atoms with Crippen molar-refractivity contribution in [2.45, 2.75) is 30.6 Å². The van der Waals surface area contributed by atoms with Gasteiger partial charge < -0.3 is 4.52 Å². The molecule has 6 nitrogen and oxygen atoms in total. The Balaban J connectivity index is 1.43. The van der Waals surface area contributed by atoms with Crippen molar-refractivity contribution in [2.24, 2.45) is 0 Å². The summed E-state index contributed by atoms with van der Waals surface area (Å²) in [4.78, 5) is 4.93. The Morgan fingerprint density at radius 3 is 2.71 bits per heavy atom. The number of nitrogens with zero attached hydrogens (tertiary/aromatic N) is 3. The highest BCUT2D eigenvalue weighted by molar-refractivity contribution is 7.89. The lowest BCUT2D eigenvalue weighted by atomic mass is 10.00. The Bertz CT molecular complexity index is 1340. The minimum atomic E-state index is -3.64. The summed E-state index contributed by atoms with van der Waals surface area (Å²) in [5, 5.41) is 5.79. The van der Waals surface area contributed by atoms with Gasteiger partial charge in [-0.3, -0.25) is 0 Å². The first-order valence-corrected chi connectivity index (χ1v) is 11.8. The molecule has 158 valence electrons. The van der Waals surface area contributed by atoms with E-state index in [0.717, 1.165) is 34.7 Å². The summed E-state index contributed by atoms with van der Waals surface area (Å²) in [5.41, 5.74) is 2.01. The van der Waals surface area contributed by atoms with Crippen molar-refractivity contribution in [2.75, 3.05) is 13.1 Å². The maximum Gasteiger partial charge on any atom is 0.243 e. The van der Waals surface area contributed by atoms with Crippen LogP contribution in [-0.2, 0) is 10.0 Å². The number of piperidine rings is 1. The van der Waals surface area contributed by atoms with Crippen LogP contribution >= 0.6 is 0 Å². The molecule has 0 saturated carbocycles. The van der Waals surface area contributed by atoms with E-state index in [0.29, 0.717) is 29.7 Å². The molecule has 0 radical (unpaired) electrons. The summed E-state index contributed by atoms with van der Waals surface area (Å²) in [5.74, 6) is 0.909. The maximum atomic E-state index is 13.5. The van der Waals surface area contributed by atoms with Gasteiger partial charge in [0.2, 0.25) is 21.7 Å². The second kappa shape index (κ2) is 7.90. The van der Waals surface area contributed by atoms with Gasteiger partial charge in [0.15, 0.2) is 0 Å². The lowest BCUT2D eigenvalue weighted by Gasteiger charge is -2.30. The van der Waals surface area contributed by atoms with E-state index in [1.165, 1.54) is 0 Å². The third-order valence-electron chi connectivity index (χ3n) is 5.82. The van der Waals surface area contributed by atoms with Gasteiger partial charge in [-0.1, -0.05) is 65.3 Å². The first-order chi connectivity index (χ1) is 15.0. The van der Waals surface area contributed by atoms with E-state index in [2.05, 4.69) is 10.1 Å². The summed E-state index contributed by atoms with van der Waals surface area (Å²) >= 11 is 0. The van der Waals surface area contributed by atoms with Crippen LogP contribution in [0.1, 0.15) is 30.2 Å². The van der Waals surface area contributed by atoms with Crippen LogP contribution in [-0.4, -0.2) is 36.0 Å². The summed E-state index contributed by atoms with van der Waals surface area (Å²) in [6.45, 7) is 2.84. The van der Waals surface area contributed by atoms with Gasteiger partial charge in [-0.05, 0) is 37.3 Å². The zero-order valence-electron chi connectivity index (χ0n) is 17.2. The van der Waals surface area contributed by atoms with Crippen LogP contribution in [0.4, 0.5) is 0 Å². The molecule has 1 aromatic heterocycles. The summed E-state index contributed by atoms with van der Waals surface area (Å²) < 4.78 is 34.1. The molecule has 0 amide bonds. The number of aromatic nitrogens is 2. The fraction of sp³-hybridized carbons (Fsp3) is 0.250. The molecule has 7 heteroatoms. The Labute approximate surface area is 181 Å². The van der Waals surface area contributed by atoms with E-state index in [4.69, 9.17) is 4.52 Å². The van der Waals surface area contributed by atoms with E-state index in [9.17, 15) is 8.42 Å². The van der Waals surface area contributed by atoms with Gasteiger partial charge in [0, 0.05) is 24.0 Å². The van der Waals surface area contributed by atoms with Crippen LogP contribution in [0.3, 0.4) is 0 Å². The zero-order valence-corrected chi connectivity index (χ0v) is 18.0. The van der Waals surface area contributed by atoms with Crippen molar-refractivity contribution in [3.05, 3.63) is 78.2 Å². The molecule has 4 aromatic rings. The molecule has 1 aliphatic rings. The molecule has 2 heterocycles. The van der Waals surface area contributed by atoms with E-state index in [1.54, 1.807) is 16.4 Å². The zero-order chi connectivity index (χ0) is 21.4. The van der Waals surface area contributed by atoms with Gasteiger partial charge in [0.1, 0.15) is 0 Å². The second-order valence-corrected chi connectivity index (χ2v) is 9.91. The fourth-order valence-electron chi connectivity index (χ4n) is 4.22. The van der Waals surface area contributed by atoms with Crippen LogP contribution in [0.25, 0.3) is 22.2 Å². The predicted molar refractivity (Wildman–Crippen MR) is 119 cm³/mol. The molecule has 1 aliphatic heterocycles. The Morgan fingerprint density at radius 2 is 1.84 bits per heavy atom. The van der Waals surface area contributed by atoms with E-state index < -0.39 is 10.0 Å². The van der Waals surface area contributed by atoms with Crippen LogP contribution in [0.2, 0.25) is 0 Å². The van der Waals surface area contributed by atoms with Crippen molar-refractivity contribution in [1.82, 2.24) is 14.4 Å². The Kier molecular flexibility index (Phi) is 5.08. The summed E-state index contributed by atoms with van der Waals surface area (Å²) in [6, 6.07) is 20.9. The number of benzene rings is 3. The Morgan fingerprint density at radius 1 is 1.03 bits per heavy atom. The number of aryl methyl sites for hydroxylation is 1. The van der Waals surface area contributed by atoms with Gasteiger partial charge in [-0.15, -0.1) is 0 Å². The second-order valence-electron chi connectivity index (χ2n) is 8.01. The van der Waals surface area contributed by atoms with Crippen molar-refractivity contribution in [3.63, 3.8) is 0 Å². The normalized spacial score (nSPS) is 17.8. The number of sulfonamides is 1. The van der Waals surface area contributed by atoms with E-state index in [1.807, 2.05) is 61.5 Å². The average Bonchev–Trinajstić information content (AvgIpc) is 3.29. The first-order valence-electron chi connectivity index (χ1n) is 10.4. The van der Waals surface area contributed by atoms with Crippen LogP contribution in [0, 0.1) is 6.92 Å². The third kappa shape index (κ3) is 3.75. The van der Waals surface area contributed by atoms with E-state index in [-0.39, 0.29) is 5.92 Å². The van der Waals surface area contributed by atoms with Gasteiger partial charge in [0.25, 0.3) is 0 Å². The monoisotopic (exact) mass is 433 g/mol. The number of fused-ring (bicyclic) bond motifs is 1. The summed E-state index contributed by atoms with van der Waals surface area (Å²) in [6.07, 6.45) is 1.56. The third-order valence-corrected chi connectivity index (χ3v) is 7.74. The predicted octanol–water partition coefficient (Wildman–Crippen LogP) is 4.77. The number of hydrogen-bond acceptors (Lipinski definition) is 5. The lowest BCUT2D eigenvalue weighted by Crippen LogP contribution is -2.39. The first kappa shape index (κ1) is 19.9. The number of hydrogen-bond donors (Lipinski definition) is 0. The Hall–Kier alpha value is -3.03. The highest BCUT2D eigenvalue weighted by Gasteiger charge is 2.34. The van der Waals surface area contributed by atoms with Gasteiger partial charge >= 0.3 is 0 Å². The molecule has 1 atom stereocenters. The molecule has 0 spiro atoms. The minimum Gasteiger partial charge on any atom is -0.339 e. The molecule has 0 N–H and O–H groups in total. The fourth-order valence-corrected chi connectivity index (χ4v) is 5.96. The van der Waals surface area contributed by atoms with Crippen molar-refractivity contribution < 1.29 is 12.9 Å². The number of rotatable bonds is 4. The molecule has 3 aromatic carbocycles. The maximum absolute atomic E-state index is 13.5. The molecular formula is C24H23N3O3S. The lowest BCUT2D eigenvalue weighted by molar-refractivity contribution is 0.266. The highest BCUT2D eigenvalue weighted by atomic mass is 32.2. The van der Waals surface area contributed by atoms with Gasteiger partial charge in [-0.2, -0.15) is 9.29 Å². The van der Waals surface area contributed by atoms with Crippen LogP contribution < -0.4 is 0 Å². The average molecular weight is 434 g/mol. The molecule has 1 unspecified atom stereocenters. The molecule has 1 saturated heterocycles. The minimum absolute atomic E-state index is 0.121. The summed E-state index contributed by atoms with van der Waals surface area (Å²) in [7, 11) is -3.64. The molecule has 0 aliphatic carbocycles. The quantitative estimate of drug-likeness (QED) is 0.463. The van der Waals surface area contributed by atoms with Crippen molar-refractivity contribution >= 4 is 20.8 Å². The molecular weight excluding hydrogens is 410 g/mol. The van der Waals surface area contributed by atoms with Gasteiger partial charge in [-0.25, -0.2) is 8.42 Å². The van der Waals surface area contributed by atoms with Crippen molar-refractivity contribution in [1.29, 1.82) is 0 Å². The smallest absolute Gasteiger partial charge is 0.243 e. The topological polar surface area (TPSA) is 76.3 Å². The molecule has 0 bridgehead atoms. The standard InChI is InChI=1S/C24H23N3O3S/c1-17-7-4-10-19(15-17)23-25-24(30-26-23)20-11-6-14-27(16-20)31(28,29)22-13-5-9-18-8-2-3-12-21(18)22/h2-5,7-10,12-13,15,20H,6,11,14,16H2,1H3. The van der Waals surface area contributed by atoms with Crippen LogP contribution in [0.15, 0.2) is 76.1 Å². The van der Waals surface area contributed by atoms with Crippen LogP contribution in [0.5, 0.6) is 0 Å². The molecule has 5 rings (SSSR count). The highest BCUT2D eigenvalue weighted by Crippen LogP contribution is 2.32. The van der Waals surface area contributed by atoms with Gasteiger partial charge in [0.05, 0.1) is 10.8 Å². The van der Waals surface area contributed by atoms with Crippen molar-refractivity contribution in [3.8, 4) is 11.4 Å². The molecule has 31 heavy (non-hydrogen) atoms. The van der Waals surface area contributed by atoms with E-state index >= 15 is 0 Å². The SMILES string of the molecule is Cc1cccc(-c2noc(C3CCCN(S(=O)(=O)c4cccc5ccccc45)C3)n2)c1. The molecule has 1 fully saturated rings.